The Morgan fingerprint density at radius 1 is 1.43 bits per heavy atom. The van der Waals surface area contributed by atoms with Crippen molar-refractivity contribution in [1.29, 1.82) is 0 Å². The summed E-state index contributed by atoms with van der Waals surface area (Å²) >= 11 is 6.02. The van der Waals surface area contributed by atoms with Crippen molar-refractivity contribution >= 4 is 23.3 Å². The maximum Gasteiger partial charge on any atom is 0.271 e. The summed E-state index contributed by atoms with van der Waals surface area (Å²) in [4.78, 5) is 20.3. The fraction of sp³-hybridized carbons (Fsp3) is 0.357. The summed E-state index contributed by atoms with van der Waals surface area (Å²) in [6.07, 6.45) is 6.18. The van der Waals surface area contributed by atoms with Gasteiger partial charge in [0.2, 0.25) is 0 Å². The average Bonchev–Trinajstić information content (AvgIpc) is 2.99. The highest BCUT2D eigenvalue weighted by molar-refractivity contribution is 6.33. The molecule has 2 N–H and O–H groups in total. The van der Waals surface area contributed by atoms with Crippen molar-refractivity contribution < 1.29 is 4.79 Å². The Hall–Kier alpha value is -2.08. The molecule has 112 valence electrons. The number of aromatic nitrogens is 3. The Bertz CT molecular complexity index is 585. The summed E-state index contributed by atoms with van der Waals surface area (Å²) in [5.74, 6) is 0.385. The molecule has 2 rings (SSSR count). The van der Waals surface area contributed by atoms with Gasteiger partial charge in [-0.15, -0.1) is 0 Å². The minimum absolute atomic E-state index is 0.248. The van der Waals surface area contributed by atoms with Gasteiger partial charge in [0.25, 0.3) is 5.91 Å². The lowest BCUT2D eigenvalue weighted by atomic mass is 10.3. The molecule has 0 unspecified atom stereocenters. The molecule has 0 aliphatic heterocycles. The van der Waals surface area contributed by atoms with Gasteiger partial charge in [-0.2, -0.15) is 0 Å². The van der Waals surface area contributed by atoms with Crippen molar-refractivity contribution in [3.05, 3.63) is 41.6 Å². The van der Waals surface area contributed by atoms with Crippen molar-refractivity contribution in [3.63, 3.8) is 0 Å². The number of nitrogens with one attached hydrogen (secondary N) is 2. The SMILES string of the molecule is CCNc1ccc(Cl)c(C(=O)NCCCn2ccnc2)n1. The van der Waals surface area contributed by atoms with Crippen LogP contribution in [0.5, 0.6) is 0 Å². The number of nitrogens with zero attached hydrogens (tertiary/aromatic N) is 3. The molecular weight excluding hydrogens is 290 g/mol. The molecule has 0 fully saturated rings. The molecule has 21 heavy (non-hydrogen) atoms. The molecule has 0 saturated carbocycles. The molecular formula is C14H18ClN5O. The Morgan fingerprint density at radius 3 is 3.00 bits per heavy atom. The number of imidazole rings is 1. The summed E-state index contributed by atoms with van der Waals surface area (Å²) in [5, 5.41) is 6.23. The van der Waals surface area contributed by atoms with Crippen LogP contribution in [0.25, 0.3) is 0 Å². The van der Waals surface area contributed by atoms with E-state index in [-0.39, 0.29) is 11.6 Å². The fourth-order valence-electron chi connectivity index (χ4n) is 1.85. The zero-order valence-corrected chi connectivity index (χ0v) is 12.6. The third kappa shape index (κ3) is 4.46. The second-order valence-corrected chi connectivity index (χ2v) is 4.87. The highest BCUT2D eigenvalue weighted by Crippen LogP contribution is 2.16. The minimum atomic E-state index is -0.259. The molecule has 0 atom stereocenters. The molecule has 0 aromatic carbocycles. The number of anilines is 1. The fourth-order valence-corrected chi connectivity index (χ4v) is 2.04. The van der Waals surface area contributed by atoms with E-state index >= 15 is 0 Å². The van der Waals surface area contributed by atoms with E-state index in [1.165, 1.54) is 0 Å². The quantitative estimate of drug-likeness (QED) is 0.769. The number of hydrogen-bond donors (Lipinski definition) is 2. The Labute approximate surface area is 128 Å². The average molecular weight is 308 g/mol. The van der Waals surface area contributed by atoms with Crippen LogP contribution in [0.3, 0.4) is 0 Å². The Balaban J connectivity index is 1.86. The number of aryl methyl sites for hydroxylation is 1. The lowest BCUT2D eigenvalue weighted by molar-refractivity contribution is 0.0948. The lowest BCUT2D eigenvalue weighted by Crippen LogP contribution is -2.26. The number of pyridine rings is 1. The molecule has 0 bridgehead atoms. The van der Waals surface area contributed by atoms with Crippen molar-refractivity contribution in [2.45, 2.75) is 19.9 Å². The number of rotatable bonds is 7. The van der Waals surface area contributed by atoms with Crippen LogP contribution in [-0.2, 0) is 6.54 Å². The van der Waals surface area contributed by atoms with Crippen molar-refractivity contribution in [1.82, 2.24) is 19.9 Å². The number of carbonyl (C=O) groups excluding carboxylic acids is 1. The third-order valence-electron chi connectivity index (χ3n) is 2.86. The second-order valence-electron chi connectivity index (χ2n) is 4.47. The van der Waals surface area contributed by atoms with Crippen LogP contribution in [0.4, 0.5) is 5.82 Å². The zero-order valence-electron chi connectivity index (χ0n) is 11.8. The summed E-state index contributed by atoms with van der Waals surface area (Å²) in [6, 6.07) is 3.43. The van der Waals surface area contributed by atoms with Gasteiger partial charge in [0.1, 0.15) is 11.5 Å². The molecule has 0 spiro atoms. The van der Waals surface area contributed by atoms with E-state index in [4.69, 9.17) is 11.6 Å². The highest BCUT2D eigenvalue weighted by Gasteiger charge is 2.12. The van der Waals surface area contributed by atoms with Gasteiger partial charge in [0.15, 0.2) is 0 Å². The van der Waals surface area contributed by atoms with Gasteiger partial charge >= 0.3 is 0 Å². The minimum Gasteiger partial charge on any atom is -0.370 e. The van der Waals surface area contributed by atoms with Gasteiger partial charge in [0.05, 0.1) is 11.3 Å². The van der Waals surface area contributed by atoms with E-state index in [1.54, 1.807) is 24.7 Å². The summed E-state index contributed by atoms with van der Waals surface area (Å²) in [6.45, 7) is 4.06. The van der Waals surface area contributed by atoms with Gasteiger partial charge in [0, 0.05) is 32.0 Å². The van der Waals surface area contributed by atoms with Crippen LogP contribution in [0.15, 0.2) is 30.9 Å². The van der Waals surface area contributed by atoms with E-state index in [1.807, 2.05) is 17.7 Å². The molecule has 0 aliphatic carbocycles. The van der Waals surface area contributed by atoms with E-state index in [0.29, 0.717) is 17.4 Å². The summed E-state index contributed by atoms with van der Waals surface area (Å²) in [5.41, 5.74) is 0.248. The smallest absolute Gasteiger partial charge is 0.271 e. The molecule has 0 radical (unpaired) electrons. The van der Waals surface area contributed by atoms with Crippen LogP contribution < -0.4 is 10.6 Å². The van der Waals surface area contributed by atoms with E-state index in [2.05, 4.69) is 20.6 Å². The molecule has 1 amide bonds. The molecule has 2 heterocycles. The van der Waals surface area contributed by atoms with Crippen molar-refractivity contribution in [2.75, 3.05) is 18.4 Å². The van der Waals surface area contributed by atoms with Gasteiger partial charge in [-0.3, -0.25) is 4.79 Å². The zero-order chi connectivity index (χ0) is 15.1. The van der Waals surface area contributed by atoms with Gasteiger partial charge in [-0.05, 0) is 25.5 Å². The van der Waals surface area contributed by atoms with Gasteiger partial charge in [-0.25, -0.2) is 9.97 Å². The molecule has 0 saturated heterocycles. The second kappa shape index (κ2) is 7.64. The Morgan fingerprint density at radius 2 is 2.29 bits per heavy atom. The van der Waals surface area contributed by atoms with Gasteiger partial charge < -0.3 is 15.2 Å². The number of halogens is 1. The topological polar surface area (TPSA) is 71.8 Å². The monoisotopic (exact) mass is 307 g/mol. The summed E-state index contributed by atoms with van der Waals surface area (Å²) in [7, 11) is 0. The van der Waals surface area contributed by atoms with Crippen molar-refractivity contribution in [2.24, 2.45) is 0 Å². The number of hydrogen-bond acceptors (Lipinski definition) is 4. The first-order valence-electron chi connectivity index (χ1n) is 6.85. The molecule has 7 heteroatoms. The first-order chi connectivity index (χ1) is 10.2. The maximum absolute atomic E-state index is 12.1. The highest BCUT2D eigenvalue weighted by atomic mass is 35.5. The largest absolute Gasteiger partial charge is 0.370 e. The Kier molecular flexibility index (Phi) is 5.57. The number of amides is 1. The summed E-state index contributed by atoms with van der Waals surface area (Å²) < 4.78 is 1.96. The predicted octanol–water partition coefficient (Wildman–Crippen LogP) is 2.18. The normalized spacial score (nSPS) is 10.4. The van der Waals surface area contributed by atoms with E-state index in [9.17, 15) is 4.79 Å². The first-order valence-corrected chi connectivity index (χ1v) is 7.23. The van der Waals surface area contributed by atoms with Gasteiger partial charge in [-0.1, -0.05) is 11.6 Å². The molecule has 2 aromatic heterocycles. The van der Waals surface area contributed by atoms with Crippen molar-refractivity contribution in [3.8, 4) is 0 Å². The van der Waals surface area contributed by atoms with Crippen LogP contribution in [0, 0.1) is 0 Å². The van der Waals surface area contributed by atoms with E-state index in [0.717, 1.165) is 19.5 Å². The molecule has 6 nitrogen and oxygen atoms in total. The first kappa shape index (κ1) is 15.3. The van der Waals surface area contributed by atoms with Crippen LogP contribution in [0.1, 0.15) is 23.8 Å². The number of carbonyl (C=O) groups is 1. The molecule has 0 aliphatic rings. The molecule has 2 aromatic rings. The maximum atomic E-state index is 12.1. The van der Waals surface area contributed by atoms with Crippen LogP contribution >= 0.6 is 11.6 Å². The predicted molar refractivity (Wildman–Crippen MR) is 82.6 cm³/mol. The lowest BCUT2D eigenvalue weighted by Gasteiger charge is -2.09. The van der Waals surface area contributed by atoms with Crippen LogP contribution in [0.2, 0.25) is 5.02 Å². The standard InChI is InChI=1S/C14H18ClN5O/c1-2-17-12-5-4-11(15)13(19-12)14(21)18-6-3-8-20-9-7-16-10-20/h4-5,7,9-10H,2-3,6,8H2,1H3,(H,17,19)(H,18,21). The third-order valence-corrected chi connectivity index (χ3v) is 3.16. The van der Waals surface area contributed by atoms with E-state index < -0.39 is 0 Å². The van der Waals surface area contributed by atoms with Crippen LogP contribution in [-0.4, -0.2) is 33.5 Å².